The summed E-state index contributed by atoms with van der Waals surface area (Å²) in [7, 11) is 0. The van der Waals surface area contributed by atoms with Crippen molar-refractivity contribution < 1.29 is 4.42 Å². The van der Waals surface area contributed by atoms with Gasteiger partial charge in [0.05, 0.1) is 18.6 Å². The maximum Gasteiger partial charge on any atom is 0.232 e. The van der Waals surface area contributed by atoms with Crippen LogP contribution in [0.4, 0.5) is 17.6 Å². The van der Waals surface area contributed by atoms with Crippen molar-refractivity contribution in [2.45, 2.75) is 31.3 Å². The van der Waals surface area contributed by atoms with Crippen LogP contribution in [0.2, 0.25) is 0 Å². The molecule has 35 heavy (non-hydrogen) atoms. The number of aryl methyl sites for hydroxylation is 2. The Morgan fingerprint density at radius 2 is 1.86 bits per heavy atom. The Balaban J connectivity index is 1.40. The van der Waals surface area contributed by atoms with E-state index < -0.39 is 0 Å². The molecule has 0 aliphatic heterocycles. The highest BCUT2D eigenvalue weighted by molar-refractivity contribution is 7.98. The van der Waals surface area contributed by atoms with Crippen molar-refractivity contribution in [2.24, 2.45) is 0 Å². The third-order valence-corrected chi connectivity index (χ3v) is 6.27. The highest BCUT2D eigenvalue weighted by atomic mass is 32.2. The van der Waals surface area contributed by atoms with Gasteiger partial charge in [0, 0.05) is 11.3 Å². The van der Waals surface area contributed by atoms with Crippen LogP contribution in [0.1, 0.15) is 22.7 Å². The predicted molar refractivity (Wildman–Crippen MR) is 136 cm³/mol. The third kappa shape index (κ3) is 5.33. The van der Waals surface area contributed by atoms with E-state index >= 15 is 0 Å². The zero-order valence-corrected chi connectivity index (χ0v) is 20.2. The molecule has 0 unspecified atom stereocenters. The Morgan fingerprint density at radius 1 is 0.971 bits per heavy atom. The molecule has 3 N–H and O–H groups in total. The van der Waals surface area contributed by atoms with E-state index in [2.05, 4.69) is 49.5 Å². The number of aromatic nitrogens is 6. The summed E-state index contributed by atoms with van der Waals surface area (Å²) in [5, 5.41) is 12.9. The van der Waals surface area contributed by atoms with Gasteiger partial charge in [0.2, 0.25) is 11.9 Å². The number of rotatable bonds is 8. The quantitative estimate of drug-likeness (QED) is 0.293. The van der Waals surface area contributed by atoms with E-state index in [9.17, 15) is 0 Å². The smallest absolute Gasteiger partial charge is 0.232 e. The number of nitrogen functional groups attached to an aromatic ring is 1. The molecule has 0 bridgehead atoms. The standard InChI is InChI=1S/C25H24N8OS/c1-16-7-5-9-18(13-16)22-31-32-25(33(22)14-19-10-6-12-34-19)35-15-21-28-23(26)30-24(29-21)27-20-11-4-3-8-17(20)2/h3-13H,14-15H2,1-2H3,(H3,26,27,28,29,30). The first-order chi connectivity index (χ1) is 17.0. The zero-order valence-electron chi connectivity index (χ0n) is 19.3. The summed E-state index contributed by atoms with van der Waals surface area (Å²) in [6.45, 7) is 4.58. The van der Waals surface area contributed by atoms with Gasteiger partial charge in [-0.05, 0) is 43.7 Å². The number of anilines is 3. The molecule has 2 aromatic carbocycles. The lowest BCUT2D eigenvalue weighted by atomic mass is 10.1. The van der Waals surface area contributed by atoms with E-state index in [4.69, 9.17) is 10.2 Å². The van der Waals surface area contributed by atoms with Gasteiger partial charge in [0.25, 0.3) is 0 Å². The van der Waals surface area contributed by atoms with Crippen LogP contribution in [0.5, 0.6) is 0 Å². The second kappa shape index (κ2) is 9.98. The van der Waals surface area contributed by atoms with Gasteiger partial charge in [0.15, 0.2) is 11.0 Å². The van der Waals surface area contributed by atoms with Crippen LogP contribution in [-0.4, -0.2) is 29.7 Å². The molecule has 0 radical (unpaired) electrons. The summed E-state index contributed by atoms with van der Waals surface area (Å²) in [5.41, 5.74) is 10.1. The summed E-state index contributed by atoms with van der Waals surface area (Å²) in [5.74, 6) is 3.13. The molecule has 0 aliphatic rings. The maximum atomic E-state index is 5.98. The Labute approximate surface area is 206 Å². The minimum absolute atomic E-state index is 0.157. The van der Waals surface area contributed by atoms with Gasteiger partial charge in [-0.2, -0.15) is 15.0 Å². The second-order valence-electron chi connectivity index (χ2n) is 8.00. The van der Waals surface area contributed by atoms with Crippen molar-refractivity contribution in [1.82, 2.24) is 29.7 Å². The van der Waals surface area contributed by atoms with Crippen LogP contribution in [0.25, 0.3) is 11.4 Å². The summed E-state index contributed by atoms with van der Waals surface area (Å²) in [6, 6.07) is 19.9. The molecule has 0 spiro atoms. The first-order valence-electron chi connectivity index (χ1n) is 11.0. The molecule has 9 nitrogen and oxygen atoms in total. The average Bonchev–Trinajstić information content (AvgIpc) is 3.49. The van der Waals surface area contributed by atoms with E-state index in [0.717, 1.165) is 39.1 Å². The van der Waals surface area contributed by atoms with Gasteiger partial charge in [0.1, 0.15) is 11.6 Å². The largest absolute Gasteiger partial charge is 0.467 e. The SMILES string of the molecule is Cc1cccc(-c2nnc(SCc3nc(N)nc(Nc4ccccc4C)n3)n2Cc2ccco2)c1. The second-order valence-corrected chi connectivity index (χ2v) is 8.95. The van der Waals surface area contributed by atoms with Crippen LogP contribution in [0.15, 0.2) is 76.5 Å². The minimum atomic E-state index is 0.157. The van der Waals surface area contributed by atoms with Gasteiger partial charge < -0.3 is 15.5 Å². The summed E-state index contributed by atoms with van der Waals surface area (Å²) < 4.78 is 7.63. The number of thioether (sulfide) groups is 1. The van der Waals surface area contributed by atoms with Crippen molar-refractivity contribution in [1.29, 1.82) is 0 Å². The van der Waals surface area contributed by atoms with Crippen molar-refractivity contribution in [3.63, 3.8) is 0 Å². The minimum Gasteiger partial charge on any atom is -0.467 e. The molecule has 3 aromatic heterocycles. The molecule has 176 valence electrons. The van der Waals surface area contributed by atoms with E-state index in [1.54, 1.807) is 6.26 Å². The zero-order chi connectivity index (χ0) is 24.2. The first kappa shape index (κ1) is 22.6. The lowest BCUT2D eigenvalue weighted by Crippen LogP contribution is -2.08. The fourth-order valence-electron chi connectivity index (χ4n) is 3.62. The van der Waals surface area contributed by atoms with Crippen LogP contribution < -0.4 is 11.1 Å². The molecule has 0 fully saturated rings. The fraction of sp³-hybridized carbons (Fsp3) is 0.160. The normalized spacial score (nSPS) is 11.0. The molecule has 5 aromatic rings. The lowest BCUT2D eigenvalue weighted by Gasteiger charge is -2.10. The third-order valence-electron chi connectivity index (χ3n) is 5.31. The van der Waals surface area contributed by atoms with E-state index in [0.29, 0.717) is 24.1 Å². The van der Waals surface area contributed by atoms with Crippen LogP contribution in [0.3, 0.4) is 0 Å². The molecule has 0 atom stereocenters. The lowest BCUT2D eigenvalue weighted by molar-refractivity contribution is 0.485. The number of nitrogens with zero attached hydrogens (tertiary/aromatic N) is 6. The number of nitrogens with two attached hydrogens (primary N) is 1. The molecular weight excluding hydrogens is 460 g/mol. The van der Waals surface area contributed by atoms with Gasteiger partial charge in [-0.25, -0.2) is 0 Å². The molecule has 10 heteroatoms. The van der Waals surface area contributed by atoms with Gasteiger partial charge in [-0.1, -0.05) is 53.7 Å². The van der Waals surface area contributed by atoms with E-state index in [1.165, 1.54) is 11.8 Å². The number of hydrogen-bond donors (Lipinski definition) is 2. The van der Waals surface area contributed by atoms with Gasteiger partial charge >= 0.3 is 0 Å². The summed E-state index contributed by atoms with van der Waals surface area (Å²) >= 11 is 1.48. The Morgan fingerprint density at radius 3 is 2.66 bits per heavy atom. The molecule has 3 heterocycles. The van der Waals surface area contributed by atoms with Crippen molar-refractivity contribution in [2.75, 3.05) is 11.1 Å². The first-order valence-corrected chi connectivity index (χ1v) is 12.0. The van der Waals surface area contributed by atoms with Crippen molar-refractivity contribution >= 4 is 29.3 Å². The number of nitrogens with one attached hydrogen (secondary N) is 1. The van der Waals surface area contributed by atoms with Crippen LogP contribution in [0, 0.1) is 13.8 Å². The molecule has 0 saturated carbocycles. The van der Waals surface area contributed by atoms with E-state index in [1.807, 2.05) is 60.0 Å². The average molecular weight is 485 g/mol. The van der Waals surface area contributed by atoms with E-state index in [-0.39, 0.29) is 5.95 Å². The van der Waals surface area contributed by atoms with Crippen molar-refractivity contribution in [3.05, 3.63) is 89.6 Å². The summed E-state index contributed by atoms with van der Waals surface area (Å²) in [6.07, 6.45) is 1.66. The fourth-order valence-corrected chi connectivity index (χ4v) is 4.41. The van der Waals surface area contributed by atoms with Crippen molar-refractivity contribution in [3.8, 4) is 11.4 Å². The van der Waals surface area contributed by atoms with Crippen LogP contribution >= 0.6 is 11.8 Å². The molecule has 5 rings (SSSR count). The Bertz CT molecular complexity index is 1450. The molecular formula is C25H24N8OS. The monoisotopic (exact) mass is 484 g/mol. The van der Waals surface area contributed by atoms with Gasteiger partial charge in [-0.15, -0.1) is 10.2 Å². The number of benzene rings is 2. The number of furan rings is 1. The highest BCUT2D eigenvalue weighted by Crippen LogP contribution is 2.28. The Hall–Kier alpha value is -4.18. The summed E-state index contributed by atoms with van der Waals surface area (Å²) in [4.78, 5) is 13.1. The predicted octanol–water partition coefficient (Wildman–Crippen LogP) is 5.01. The molecule has 0 amide bonds. The molecule has 0 saturated heterocycles. The molecule has 0 aliphatic carbocycles. The highest BCUT2D eigenvalue weighted by Gasteiger charge is 2.17. The topological polar surface area (TPSA) is 121 Å². The number of hydrogen-bond acceptors (Lipinski definition) is 9. The van der Waals surface area contributed by atoms with Gasteiger partial charge in [-0.3, -0.25) is 4.57 Å². The Kier molecular flexibility index (Phi) is 6.44. The van der Waals surface area contributed by atoms with Crippen LogP contribution in [-0.2, 0) is 12.3 Å². The maximum absolute atomic E-state index is 5.98. The number of para-hydroxylation sites is 1.